The fourth-order valence-corrected chi connectivity index (χ4v) is 0. The third-order valence-corrected chi connectivity index (χ3v) is 0. The second-order valence-electron chi connectivity index (χ2n) is 0. The minimum atomic E-state index is 0. The quantitative estimate of drug-likeness (QED) is 0.206. The molecular weight excluding hydrogens is 94.0 g/mol. The average molecular weight is 94.0 g/mol. The van der Waals surface area contributed by atoms with E-state index in [9.17, 15) is 0 Å². The van der Waals surface area contributed by atoms with Crippen LogP contribution in [0.3, 0.4) is 0 Å². The monoisotopic (exact) mass is 94.0 g/mol. The molecule has 0 radical (unpaired) electrons. The van der Waals surface area contributed by atoms with E-state index in [1.165, 1.54) is 0 Å². The molecule has 0 atom stereocenters. The Kier molecular flexibility index (Phi) is 195000000. The molecule has 0 amide bonds. The van der Waals surface area contributed by atoms with E-state index in [2.05, 4.69) is 0 Å². The van der Waals surface area contributed by atoms with Crippen LogP contribution in [0.4, 0.5) is 0 Å². The molecule has 0 fully saturated rings. The Hall–Kier alpha value is 0.0577. The summed E-state index contributed by atoms with van der Waals surface area (Å²) in [5, 5.41) is 0. The minimum absolute atomic E-state index is 0. The van der Waals surface area contributed by atoms with E-state index in [1.54, 1.807) is 0 Å². The summed E-state index contributed by atoms with van der Waals surface area (Å²) in [6.45, 7) is 0. The molecule has 0 heterocycles. The van der Waals surface area contributed by atoms with Gasteiger partial charge in [-0.15, -0.1) is 0 Å². The smallest absolute Gasteiger partial charge is 1.00 e. The first-order valence-corrected chi connectivity index (χ1v) is 0. The van der Waals surface area contributed by atoms with Crippen LogP contribution in [0, 0.1) is 0 Å². The van der Waals surface area contributed by atoms with E-state index in [4.69, 9.17) is 0 Å². The van der Waals surface area contributed by atoms with Gasteiger partial charge in [0.2, 0.25) is 0 Å². The molecule has 0 nitrogen and oxygen atoms in total. The molecule has 0 aromatic rings. The predicted molar refractivity (Wildman–Crippen MR) is 11.5 cm³/mol. The van der Waals surface area contributed by atoms with Crippen molar-refractivity contribution in [2.24, 2.45) is 0 Å². The molecule has 0 aliphatic heterocycles. The van der Waals surface area contributed by atoms with Crippen LogP contribution in [0.1, 0.15) is 0 Å². The van der Waals surface area contributed by atoms with Gasteiger partial charge in [-0.3, -0.25) is 0 Å². The largest absolute Gasteiger partial charge is 2.00 e. The standard InChI is InChI=1S/2Be.4FH/h;;4*1H/q2*+2;;;;/p-4. The topological polar surface area (TPSA) is 0 Å². The maximum atomic E-state index is 0. The molecule has 6 heteroatoms. The summed E-state index contributed by atoms with van der Waals surface area (Å²) in [5.41, 5.74) is 0. The Morgan fingerprint density at radius 2 is 0.333 bits per heavy atom. The molecular formula is Be2F4. The summed E-state index contributed by atoms with van der Waals surface area (Å²) in [5.74, 6) is 0. The summed E-state index contributed by atoms with van der Waals surface area (Å²) in [4.78, 5) is 0. The van der Waals surface area contributed by atoms with E-state index >= 15 is 0 Å². The van der Waals surface area contributed by atoms with Crippen LogP contribution in [-0.2, 0) is 0 Å². The van der Waals surface area contributed by atoms with E-state index in [-0.39, 0.29) is 39.1 Å². The predicted octanol–water partition coefficient (Wildman–Crippen LogP) is -12.7. The molecule has 32 valence electrons. The van der Waals surface area contributed by atoms with Crippen LogP contribution in [0.15, 0.2) is 0 Å². The van der Waals surface area contributed by atoms with Crippen LogP contribution < -0.4 is 18.8 Å². The zero-order chi connectivity index (χ0) is 0. The molecule has 0 saturated heterocycles. The van der Waals surface area contributed by atoms with Gasteiger partial charge in [0, 0.05) is 0 Å². The van der Waals surface area contributed by atoms with Crippen molar-refractivity contribution in [2.45, 2.75) is 0 Å². The van der Waals surface area contributed by atoms with Gasteiger partial charge in [-0.25, -0.2) is 0 Å². The van der Waals surface area contributed by atoms with Gasteiger partial charge in [-0.1, -0.05) is 0 Å². The van der Waals surface area contributed by atoms with Crippen LogP contribution in [-0.4, -0.2) is 20.2 Å². The van der Waals surface area contributed by atoms with Gasteiger partial charge in [0.15, 0.2) is 0 Å². The molecule has 0 aliphatic carbocycles. The van der Waals surface area contributed by atoms with Gasteiger partial charge < -0.3 is 18.8 Å². The summed E-state index contributed by atoms with van der Waals surface area (Å²) in [6.07, 6.45) is 0. The van der Waals surface area contributed by atoms with Crippen LogP contribution in [0.5, 0.6) is 0 Å². The molecule has 0 rings (SSSR count). The maximum Gasteiger partial charge on any atom is 2.00 e. The van der Waals surface area contributed by atoms with Gasteiger partial charge in [0.05, 0.1) is 0 Å². The average Bonchev–Trinajstić information content (AvgIpc) is 0. The Labute approximate surface area is 40.2 Å². The molecule has 0 saturated carbocycles. The number of hydrogen-bond donors (Lipinski definition) is 0. The van der Waals surface area contributed by atoms with Gasteiger partial charge in [0.1, 0.15) is 0 Å². The molecule has 0 aromatic carbocycles. The number of hydrogen-bond acceptors (Lipinski definition) is 0. The first-order chi connectivity index (χ1) is 0. The van der Waals surface area contributed by atoms with Crippen LogP contribution in [0.25, 0.3) is 0 Å². The molecule has 0 aromatic heterocycles. The summed E-state index contributed by atoms with van der Waals surface area (Å²) < 4.78 is 0. The third kappa shape index (κ3) is 11400. The summed E-state index contributed by atoms with van der Waals surface area (Å²) in [7, 11) is 0. The van der Waals surface area contributed by atoms with E-state index in [1.807, 2.05) is 0 Å². The normalized spacial score (nSPS) is 0. The third-order valence-electron chi connectivity index (χ3n) is 0. The van der Waals surface area contributed by atoms with Crippen molar-refractivity contribution in [3.63, 3.8) is 0 Å². The van der Waals surface area contributed by atoms with Crippen LogP contribution in [0.2, 0.25) is 0 Å². The Bertz CT molecular complexity index is 5.51. The molecule has 0 bridgehead atoms. The Morgan fingerprint density at radius 3 is 0.333 bits per heavy atom. The van der Waals surface area contributed by atoms with Crippen LogP contribution >= 0.6 is 0 Å². The first-order valence-electron chi connectivity index (χ1n) is 0. The fourth-order valence-electron chi connectivity index (χ4n) is 0. The van der Waals surface area contributed by atoms with Crippen molar-refractivity contribution in [3.05, 3.63) is 0 Å². The van der Waals surface area contributed by atoms with Crippen molar-refractivity contribution in [2.75, 3.05) is 0 Å². The van der Waals surface area contributed by atoms with Gasteiger partial charge in [-0.2, -0.15) is 0 Å². The van der Waals surface area contributed by atoms with Crippen molar-refractivity contribution >= 4 is 20.2 Å². The zero-order valence-corrected chi connectivity index (χ0v) is 2.93. The number of halogens is 4. The second kappa shape index (κ2) is 25000. The molecule has 0 unspecified atom stereocenters. The van der Waals surface area contributed by atoms with Crippen molar-refractivity contribution in [1.29, 1.82) is 0 Å². The van der Waals surface area contributed by atoms with Crippen molar-refractivity contribution in [1.82, 2.24) is 0 Å². The first kappa shape index (κ1) is 46600. The maximum absolute atomic E-state index is 0. The fraction of sp³-hybridized carbons (Fsp3) is 0. The van der Waals surface area contributed by atoms with Crippen molar-refractivity contribution in [3.8, 4) is 0 Å². The van der Waals surface area contributed by atoms with Gasteiger partial charge in [0.25, 0.3) is 0 Å². The second-order valence-corrected chi connectivity index (χ2v) is 0. The molecule has 0 aliphatic rings. The van der Waals surface area contributed by atoms with E-state index in [0.717, 1.165) is 0 Å². The Morgan fingerprint density at radius 1 is 0.333 bits per heavy atom. The van der Waals surface area contributed by atoms with E-state index in [0.29, 0.717) is 0 Å². The van der Waals surface area contributed by atoms with Gasteiger partial charge in [-0.05, 0) is 0 Å². The SMILES string of the molecule is [Be+2].[Be+2].[F-].[F-].[F-].[F-]. The summed E-state index contributed by atoms with van der Waals surface area (Å²) in [6, 6.07) is 0. The van der Waals surface area contributed by atoms with E-state index < -0.39 is 0 Å². The van der Waals surface area contributed by atoms with Gasteiger partial charge >= 0.3 is 20.2 Å². The zero-order valence-electron chi connectivity index (χ0n) is 2.93. The Balaban J connectivity index is 0. The van der Waals surface area contributed by atoms with Crippen molar-refractivity contribution < 1.29 is 18.8 Å². The minimum Gasteiger partial charge on any atom is -1.00 e. The summed E-state index contributed by atoms with van der Waals surface area (Å²) >= 11 is 0. The molecule has 6 heavy (non-hydrogen) atoms. The molecule has 0 spiro atoms. The number of rotatable bonds is 0. The molecule has 0 N–H and O–H groups in total.